The zero-order valence-electron chi connectivity index (χ0n) is 16.4. The predicted octanol–water partition coefficient (Wildman–Crippen LogP) is 3.74. The summed E-state index contributed by atoms with van der Waals surface area (Å²) in [7, 11) is -3.46. The van der Waals surface area contributed by atoms with Crippen molar-refractivity contribution in [2.75, 3.05) is 18.4 Å². The number of nitrogens with zero attached hydrogens (tertiary/aromatic N) is 2. The minimum Gasteiger partial charge on any atom is -0.309 e. The zero-order chi connectivity index (χ0) is 20.9. The number of aromatic nitrogens is 2. The van der Waals surface area contributed by atoms with Gasteiger partial charge in [-0.2, -0.15) is 9.40 Å². The summed E-state index contributed by atoms with van der Waals surface area (Å²) >= 11 is 1.59. The molecule has 0 bridgehead atoms. The minimum atomic E-state index is -3.46. The van der Waals surface area contributed by atoms with Gasteiger partial charge < -0.3 is 5.32 Å². The van der Waals surface area contributed by atoms with Crippen molar-refractivity contribution in [3.63, 3.8) is 0 Å². The number of thiophene rings is 1. The number of carbonyl (C=O) groups excluding carboxylic acids is 1. The van der Waals surface area contributed by atoms with Crippen LogP contribution in [0.15, 0.2) is 52.7 Å². The Morgan fingerprint density at radius 3 is 2.52 bits per heavy atom. The maximum Gasteiger partial charge on any atom is 0.243 e. The van der Waals surface area contributed by atoms with Crippen LogP contribution >= 0.6 is 11.3 Å². The summed E-state index contributed by atoms with van der Waals surface area (Å²) in [5.74, 6) is 0.341. The van der Waals surface area contributed by atoms with Gasteiger partial charge in [-0.3, -0.25) is 9.89 Å². The quantitative estimate of drug-likeness (QED) is 0.538. The first kappa shape index (κ1) is 21.2. The average Bonchev–Trinajstić information content (AvgIpc) is 3.39. The minimum absolute atomic E-state index is 0.144. The molecule has 0 aliphatic carbocycles. The molecule has 0 unspecified atom stereocenters. The van der Waals surface area contributed by atoms with E-state index in [2.05, 4.69) is 15.5 Å². The van der Waals surface area contributed by atoms with Gasteiger partial charge in [-0.1, -0.05) is 32.0 Å². The molecule has 154 valence electrons. The Morgan fingerprint density at radius 2 is 1.90 bits per heavy atom. The van der Waals surface area contributed by atoms with Crippen molar-refractivity contribution in [1.29, 1.82) is 0 Å². The van der Waals surface area contributed by atoms with E-state index >= 15 is 0 Å². The maximum absolute atomic E-state index is 12.5. The second-order valence-electron chi connectivity index (χ2n) is 6.43. The number of anilines is 1. The van der Waals surface area contributed by atoms with Crippen LogP contribution in [-0.4, -0.2) is 41.9 Å². The number of hydrogen-bond acceptors (Lipinski definition) is 5. The van der Waals surface area contributed by atoms with E-state index in [1.54, 1.807) is 41.7 Å². The Morgan fingerprint density at radius 1 is 1.17 bits per heavy atom. The molecule has 1 amide bonds. The number of H-pyrrole nitrogens is 1. The molecule has 1 aromatic carbocycles. The molecule has 3 aromatic rings. The fraction of sp³-hybridized carbons (Fsp3) is 0.300. The zero-order valence-corrected chi connectivity index (χ0v) is 18.0. The molecule has 0 spiro atoms. The van der Waals surface area contributed by atoms with Crippen LogP contribution in [-0.2, 0) is 21.2 Å². The molecule has 0 radical (unpaired) electrons. The third-order valence-corrected chi connectivity index (χ3v) is 7.51. The van der Waals surface area contributed by atoms with Gasteiger partial charge in [-0.25, -0.2) is 8.42 Å². The monoisotopic (exact) mass is 432 g/mol. The Hall–Kier alpha value is -2.49. The molecular weight excluding hydrogens is 408 g/mol. The highest BCUT2D eigenvalue weighted by atomic mass is 32.2. The van der Waals surface area contributed by atoms with E-state index in [9.17, 15) is 13.2 Å². The van der Waals surface area contributed by atoms with E-state index in [1.807, 2.05) is 31.4 Å². The second-order valence-corrected chi connectivity index (χ2v) is 9.31. The molecule has 2 N–H and O–H groups in total. The van der Waals surface area contributed by atoms with Gasteiger partial charge in [0.1, 0.15) is 0 Å². The van der Waals surface area contributed by atoms with Crippen LogP contribution < -0.4 is 5.32 Å². The average molecular weight is 433 g/mol. The Balaban J connectivity index is 1.55. The number of nitrogens with one attached hydrogen (secondary N) is 2. The van der Waals surface area contributed by atoms with Crippen LogP contribution in [0.4, 0.5) is 5.82 Å². The van der Waals surface area contributed by atoms with Gasteiger partial charge in [0, 0.05) is 25.6 Å². The lowest BCUT2D eigenvalue weighted by molar-refractivity contribution is -0.116. The van der Waals surface area contributed by atoms with Crippen molar-refractivity contribution >= 4 is 33.1 Å². The first-order chi connectivity index (χ1) is 13.9. The van der Waals surface area contributed by atoms with E-state index in [0.29, 0.717) is 25.3 Å². The van der Waals surface area contributed by atoms with E-state index < -0.39 is 10.0 Å². The summed E-state index contributed by atoms with van der Waals surface area (Å²) in [5.41, 5.74) is 1.76. The van der Waals surface area contributed by atoms with Crippen LogP contribution in [0, 0.1) is 0 Å². The predicted molar refractivity (Wildman–Crippen MR) is 115 cm³/mol. The van der Waals surface area contributed by atoms with Crippen molar-refractivity contribution < 1.29 is 13.2 Å². The number of benzene rings is 1. The van der Waals surface area contributed by atoms with Gasteiger partial charge in [0.05, 0.1) is 15.5 Å². The topological polar surface area (TPSA) is 95.2 Å². The Kier molecular flexibility index (Phi) is 6.83. The van der Waals surface area contributed by atoms with Gasteiger partial charge in [0.15, 0.2) is 5.82 Å². The highest BCUT2D eigenvalue weighted by molar-refractivity contribution is 7.89. The first-order valence-electron chi connectivity index (χ1n) is 9.42. The standard InChI is InChI=1S/C20H24N4O3S2/c1-3-24(4-2)29(26,27)16-10-7-15(8-11-16)9-12-20(25)21-19-14-17(22-23-19)18-6-5-13-28-18/h5-8,10-11,13-14H,3-4,9,12H2,1-2H3,(H2,21,22,23,25). The summed E-state index contributed by atoms with van der Waals surface area (Å²) in [4.78, 5) is 13.5. The summed E-state index contributed by atoms with van der Waals surface area (Å²) in [6.45, 7) is 4.50. The number of rotatable bonds is 9. The van der Waals surface area contributed by atoms with Gasteiger partial charge in [0.2, 0.25) is 15.9 Å². The molecule has 7 nitrogen and oxygen atoms in total. The van der Waals surface area contributed by atoms with Crippen molar-refractivity contribution in [3.8, 4) is 10.6 Å². The number of aryl methyl sites for hydroxylation is 1. The van der Waals surface area contributed by atoms with Gasteiger partial charge >= 0.3 is 0 Å². The van der Waals surface area contributed by atoms with Crippen molar-refractivity contribution in [1.82, 2.24) is 14.5 Å². The third kappa shape index (κ3) is 5.11. The smallest absolute Gasteiger partial charge is 0.243 e. The molecule has 29 heavy (non-hydrogen) atoms. The van der Waals surface area contributed by atoms with E-state index in [-0.39, 0.29) is 17.2 Å². The van der Waals surface area contributed by atoms with Crippen LogP contribution in [0.1, 0.15) is 25.8 Å². The van der Waals surface area contributed by atoms with E-state index in [0.717, 1.165) is 16.1 Å². The van der Waals surface area contributed by atoms with Crippen molar-refractivity contribution in [2.24, 2.45) is 0 Å². The number of aromatic amines is 1. The fourth-order valence-corrected chi connectivity index (χ4v) is 5.10. The first-order valence-corrected chi connectivity index (χ1v) is 11.7. The number of hydrogen-bond donors (Lipinski definition) is 2. The Labute approximate surface area is 174 Å². The van der Waals surface area contributed by atoms with Gasteiger partial charge in [-0.15, -0.1) is 11.3 Å². The normalized spacial score (nSPS) is 11.7. The number of amides is 1. The summed E-state index contributed by atoms with van der Waals surface area (Å²) in [6.07, 6.45) is 0.795. The summed E-state index contributed by atoms with van der Waals surface area (Å²) < 4.78 is 26.5. The molecule has 0 saturated carbocycles. The van der Waals surface area contributed by atoms with Crippen molar-refractivity contribution in [3.05, 3.63) is 53.4 Å². The van der Waals surface area contributed by atoms with Crippen molar-refractivity contribution in [2.45, 2.75) is 31.6 Å². The van der Waals surface area contributed by atoms with E-state index in [1.165, 1.54) is 4.31 Å². The molecule has 0 aliphatic rings. The van der Waals surface area contributed by atoms with Gasteiger partial charge in [-0.05, 0) is 35.6 Å². The lowest BCUT2D eigenvalue weighted by atomic mass is 10.1. The molecule has 0 aliphatic heterocycles. The third-order valence-electron chi connectivity index (χ3n) is 4.54. The van der Waals surface area contributed by atoms with Crippen LogP contribution in [0.25, 0.3) is 10.6 Å². The lowest BCUT2D eigenvalue weighted by Gasteiger charge is -2.18. The van der Waals surface area contributed by atoms with Crippen LogP contribution in [0.2, 0.25) is 0 Å². The lowest BCUT2D eigenvalue weighted by Crippen LogP contribution is -2.30. The SMILES string of the molecule is CCN(CC)S(=O)(=O)c1ccc(CCC(=O)Nc2cc(-c3cccs3)[nH]n2)cc1. The van der Waals surface area contributed by atoms with E-state index in [4.69, 9.17) is 0 Å². The number of carbonyl (C=O) groups is 1. The highest BCUT2D eigenvalue weighted by Gasteiger charge is 2.21. The highest BCUT2D eigenvalue weighted by Crippen LogP contribution is 2.24. The molecule has 0 atom stereocenters. The molecule has 3 rings (SSSR count). The fourth-order valence-electron chi connectivity index (χ4n) is 2.95. The summed E-state index contributed by atoms with van der Waals surface area (Å²) in [6, 6.07) is 12.5. The maximum atomic E-state index is 12.5. The molecule has 0 fully saturated rings. The largest absolute Gasteiger partial charge is 0.309 e. The molecule has 9 heteroatoms. The second kappa shape index (κ2) is 9.34. The van der Waals surface area contributed by atoms with Gasteiger partial charge in [0.25, 0.3) is 0 Å². The summed E-state index contributed by atoms with van der Waals surface area (Å²) in [5, 5.41) is 11.8. The molecule has 2 heterocycles. The molecule has 2 aromatic heterocycles. The van der Waals surface area contributed by atoms with Crippen LogP contribution in [0.5, 0.6) is 0 Å². The molecular formula is C20H24N4O3S2. The Bertz CT molecular complexity index is 1040. The number of sulfonamides is 1. The molecule has 0 saturated heterocycles. The van der Waals surface area contributed by atoms with Crippen LogP contribution in [0.3, 0.4) is 0 Å².